The summed E-state index contributed by atoms with van der Waals surface area (Å²) < 4.78 is 9.44. The van der Waals surface area contributed by atoms with Crippen molar-refractivity contribution in [3.05, 3.63) is 211 Å². The van der Waals surface area contributed by atoms with E-state index in [0.717, 1.165) is 46.9 Å². The van der Waals surface area contributed by atoms with Crippen LogP contribution in [0.3, 0.4) is 0 Å². The molecule has 10 aromatic carbocycles. The molecule has 4 atom stereocenters. The van der Waals surface area contributed by atoms with Crippen LogP contribution in [0, 0.1) is 11.8 Å². The van der Waals surface area contributed by atoms with Gasteiger partial charge in [0.2, 0.25) is 0 Å². The molecule has 0 bridgehead atoms. The Morgan fingerprint density at radius 2 is 1.15 bits per heavy atom. The lowest BCUT2D eigenvalue weighted by atomic mass is 9.72. The maximum Gasteiger partial charge on any atom is 0.159 e. The number of nitrogens with zero attached hydrogens (tertiary/aromatic N) is 2. The van der Waals surface area contributed by atoms with Gasteiger partial charge in [-0.25, -0.2) is 0 Å². The van der Waals surface area contributed by atoms with E-state index < -0.39 is 0 Å². The average Bonchev–Trinajstić information content (AvgIpc) is 3.89. The van der Waals surface area contributed by atoms with Crippen LogP contribution in [0.25, 0.3) is 92.5 Å². The normalized spacial score (nSPS) is 18.3. The third kappa shape index (κ3) is 6.06. The molecule has 0 N–H and O–H groups in total. The fraction of sp³-hybridized carbons (Fsp3) is 0.145. The monoisotopic (exact) mass is 836 g/mol. The van der Waals surface area contributed by atoms with Gasteiger partial charge in [0.15, 0.2) is 5.58 Å². The maximum atomic E-state index is 6.96. The third-order valence-electron chi connectivity index (χ3n) is 14.9. The second-order valence-corrected chi connectivity index (χ2v) is 18.5. The second-order valence-electron chi connectivity index (χ2n) is 18.5. The summed E-state index contributed by atoms with van der Waals surface area (Å²) in [4.78, 5) is 6.08. The van der Waals surface area contributed by atoms with Crippen LogP contribution in [0.4, 0.5) is 0 Å². The lowest BCUT2D eigenvalue weighted by Crippen LogP contribution is -2.28. The van der Waals surface area contributed by atoms with Crippen molar-refractivity contribution < 1.29 is 4.42 Å². The number of rotatable bonds is 5. The molecule has 1 aliphatic heterocycles. The second kappa shape index (κ2) is 15.1. The standard InChI is InChI=1S/C62H48N2O/c1-3-46-50(31-27-38(2)60(63-61(46)53-24-14-19-39-15-6-9-21-48(39)53)44-30-32-49-43(33-44)29-28-40-16-7-8-20-47(40)49)45-35-55-52-23-11-13-26-59(52)65-62(55)58(37-45)64-56-25-12-10-22-51(56)54-34-41-17-4-5-18-42(41)36-57(54)64/h4-26,28-30,32-38,46,50,60H,3,27,31H2,1-2H3. The summed E-state index contributed by atoms with van der Waals surface area (Å²) in [5.41, 5.74) is 10.4. The molecule has 0 fully saturated rings. The van der Waals surface area contributed by atoms with Crippen molar-refractivity contribution in [1.29, 1.82) is 0 Å². The lowest BCUT2D eigenvalue weighted by Gasteiger charge is -2.35. The molecule has 4 unspecified atom stereocenters. The molecule has 2 aromatic heterocycles. The molecule has 0 saturated carbocycles. The lowest BCUT2D eigenvalue weighted by molar-refractivity contribution is 0.362. The fourth-order valence-corrected chi connectivity index (χ4v) is 11.7. The molecule has 3 heteroatoms. The van der Waals surface area contributed by atoms with Crippen molar-refractivity contribution in [3.8, 4) is 5.69 Å². The van der Waals surface area contributed by atoms with Crippen molar-refractivity contribution in [1.82, 2.24) is 4.57 Å². The Labute approximate surface area is 378 Å². The minimum absolute atomic E-state index is 0.0122. The summed E-state index contributed by atoms with van der Waals surface area (Å²) >= 11 is 0. The molecule has 1 aliphatic rings. The number of para-hydroxylation sites is 2. The highest BCUT2D eigenvalue weighted by Gasteiger charge is 2.35. The predicted octanol–water partition coefficient (Wildman–Crippen LogP) is 17.1. The average molecular weight is 837 g/mol. The van der Waals surface area contributed by atoms with Gasteiger partial charge in [-0.2, -0.15) is 0 Å². The van der Waals surface area contributed by atoms with Gasteiger partial charge in [-0.05, 0) is 128 Å². The number of hydrogen-bond donors (Lipinski definition) is 0. The topological polar surface area (TPSA) is 30.4 Å². The number of furan rings is 1. The van der Waals surface area contributed by atoms with Gasteiger partial charge in [0.05, 0.1) is 22.8 Å². The van der Waals surface area contributed by atoms with E-state index in [9.17, 15) is 0 Å². The van der Waals surface area contributed by atoms with Gasteiger partial charge in [0, 0.05) is 38.7 Å². The van der Waals surface area contributed by atoms with Gasteiger partial charge < -0.3 is 8.98 Å². The molecule has 312 valence electrons. The van der Waals surface area contributed by atoms with Gasteiger partial charge in [0.1, 0.15) is 5.58 Å². The Balaban J connectivity index is 1.05. The van der Waals surface area contributed by atoms with Crippen LogP contribution in [0.2, 0.25) is 0 Å². The first kappa shape index (κ1) is 38.0. The number of hydrogen-bond acceptors (Lipinski definition) is 2. The Hall–Kier alpha value is -7.49. The van der Waals surface area contributed by atoms with Crippen LogP contribution < -0.4 is 0 Å². The van der Waals surface area contributed by atoms with E-state index >= 15 is 0 Å². The van der Waals surface area contributed by atoms with Crippen LogP contribution in [0.15, 0.2) is 204 Å². The SMILES string of the molecule is CCC1C(c2cccc3ccccc23)=NC(c2ccc3c(ccc4ccccc43)c2)C(C)CCC1c1cc(-n2c3ccccc3c3cc4ccccc4cc32)c2oc3ccccc3c2c1. The van der Waals surface area contributed by atoms with Gasteiger partial charge in [-0.15, -0.1) is 0 Å². The molecule has 3 nitrogen and oxygen atoms in total. The van der Waals surface area contributed by atoms with E-state index in [2.05, 4.69) is 213 Å². The Morgan fingerprint density at radius 1 is 0.492 bits per heavy atom. The number of aromatic nitrogens is 1. The van der Waals surface area contributed by atoms with Gasteiger partial charge in [0.25, 0.3) is 0 Å². The van der Waals surface area contributed by atoms with Crippen LogP contribution in [-0.2, 0) is 0 Å². The number of aliphatic imine (C=N–C) groups is 1. The number of benzene rings is 10. The van der Waals surface area contributed by atoms with Crippen LogP contribution in [-0.4, -0.2) is 10.3 Å². The molecule has 0 radical (unpaired) electrons. The first-order chi connectivity index (χ1) is 32.1. The zero-order chi connectivity index (χ0) is 43.2. The zero-order valence-electron chi connectivity index (χ0n) is 36.7. The molecule has 65 heavy (non-hydrogen) atoms. The molecule has 0 amide bonds. The molecule has 0 spiro atoms. The van der Waals surface area contributed by atoms with Gasteiger partial charge in [-0.1, -0.05) is 166 Å². The van der Waals surface area contributed by atoms with Crippen LogP contribution >= 0.6 is 0 Å². The Kier molecular flexibility index (Phi) is 8.81. The fourth-order valence-electron chi connectivity index (χ4n) is 11.7. The van der Waals surface area contributed by atoms with Crippen molar-refractivity contribution >= 4 is 92.5 Å². The first-order valence-corrected chi connectivity index (χ1v) is 23.4. The van der Waals surface area contributed by atoms with Gasteiger partial charge in [-0.3, -0.25) is 4.99 Å². The van der Waals surface area contributed by atoms with Crippen molar-refractivity contribution in [3.63, 3.8) is 0 Å². The van der Waals surface area contributed by atoms with E-state index in [0.29, 0.717) is 5.92 Å². The van der Waals surface area contributed by atoms with E-state index in [1.807, 2.05) is 0 Å². The summed E-state index contributed by atoms with van der Waals surface area (Å²) in [5.74, 6) is 0.669. The summed E-state index contributed by atoms with van der Waals surface area (Å²) in [7, 11) is 0. The van der Waals surface area contributed by atoms with Gasteiger partial charge >= 0.3 is 0 Å². The zero-order valence-corrected chi connectivity index (χ0v) is 36.7. The largest absolute Gasteiger partial charge is 0.454 e. The van der Waals surface area contributed by atoms with Crippen molar-refractivity contribution in [2.24, 2.45) is 16.8 Å². The van der Waals surface area contributed by atoms with E-state index in [4.69, 9.17) is 9.41 Å². The molecule has 0 aliphatic carbocycles. The maximum absolute atomic E-state index is 6.96. The summed E-state index contributed by atoms with van der Waals surface area (Å²) in [6, 6.07) is 72.0. The minimum Gasteiger partial charge on any atom is -0.454 e. The quantitative estimate of drug-likeness (QED) is 0.159. The smallest absolute Gasteiger partial charge is 0.159 e. The number of fused-ring (bicyclic) bond motifs is 11. The third-order valence-corrected chi connectivity index (χ3v) is 14.9. The van der Waals surface area contributed by atoms with E-state index in [-0.39, 0.29) is 17.9 Å². The molecular formula is C62H48N2O. The molecule has 0 saturated heterocycles. The first-order valence-electron chi connectivity index (χ1n) is 23.4. The van der Waals surface area contributed by atoms with E-state index in [1.165, 1.54) is 87.3 Å². The Bertz CT molecular complexity index is 3880. The molecule has 3 heterocycles. The highest BCUT2D eigenvalue weighted by Crippen LogP contribution is 2.47. The molecular weight excluding hydrogens is 789 g/mol. The Morgan fingerprint density at radius 3 is 1.98 bits per heavy atom. The molecule has 12 aromatic rings. The minimum atomic E-state index is 0.0122. The summed E-state index contributed by atoms with van der Waals surface area (Å²) in [6.07, 6.45) is 3.05. The highest BCUT2D eigenvalue weighted by atomic mass is 16.3. The summed E-state index contributed by atoms with van der Waals surface area (Å²) in [6.45, 7) is 4.81. The van der Waals surface area contributed by atoms with E-state index in [1.54, 1.807) is 0 Å². The van der Waals surface area contributed by atoms with Crippen molar-refractivity contribution in [2.45, 2.75) is 45.1 Å². The summed E-state index contributed by atoms with van der Waals surface area (Å²) in [5, 5.41) is 14.9. The van der Waals surface area contributed by atoms with Crippen LogP contribution in [0.5, 0.6) is 0 Å². The van der Waals surface area contributed by atoms with Crippen LogP contribution in [0.1, 0.15) is 61.8 Å². The highest BCUT2D eigenvalue weighted by molar-refractivity contribution is 6.16. The molecule has 13 rings (SSSR count). The van der Waals surface area contributed by atoms with Crippen molar-refractivity contribution in [2.75, 3.05) is 0 Å². The predicted molar refractivity (Wildman–Crippen MR) is 275 cm³/mol.